The van der Waals surface area contributed by atoms with Crippen molar-refractivity contribution in [3.8, 4) is 0 Å². The third kappa shape index (κ3) is 2.47. The zero-order chi connectivity index (χ0) is 10.8. The Morgan fingerprint density at radius 1 is 1.43 bits per heavy atom. The summed E-state index contributed by atoms with van der Waals surface area (Å²) < 4.78 is 5.01. The smallest absolute Gasteiger partial charge is 0.326 e. The molecule has 1 rings (SSSR count). The summed E-state index contributed by atoms with van der Waals surface area (Å²) in [5, 5.41) is 0. The molecule has 1 aliphatic carbocycles. The first-order valence-corrected chi connectivity index (χ1v) is 5.36. The highest BCUT2D eigenvalue weighted by molar-refractivity contribution is 5.80. The number of carbonyl (C=O) groups excluding carboxylic acids is 1. The highest BCUT2D eigenvalue weighted by Gasteiger charge is 2.43. The average Bonchev–Trinajstić information content (AvgIpc) is 2.02. The average molecular weight is 199 g/mol. The molecule has 0 saturated heterocycles. The quantitative estimate of drug-likeness (QED) is 0.690. The molecule has 0 spiro atoms. The highest BCUT2D eigenvalue weighted by Crippen LogP contribution is 2.40. The molecule has 1 fully saturated rings. The molecule has 1 atom stereocenters. The topological polar surface area (TPSA) is 52.3 Å². The molecule has 3 heteroatoms. The molecule has 3 nitrogen and oxygen atoms in total. The molecular formula is C11H21NO2. The van der Waals surface area contributed by atoms with Crippen LogP contribution in [0.5, 0.6) is 0 Å². The number of hydrogen-bond acceptors (Lipinski definition) is 3. The van der Waals surface area contributed by atoms with Crippen molar-refractivity contribution >= 4 is 5.97 Å². The van der Waals surface area contributed by atoms with E-state index in [0.717, 1.165) is 25.7 Å². The van der Waals surface area contributed by atoms with Crippen LogP contribution in [-0.2, 0) is 9.53 Å². The summed E-state index contributed by atoms with van der Waals surface area (Å²) >= 11 is 0. The van der Waals surface area contributed by atoms with E-state index in [4.69, 9.17) is 10.5 Å². The van der Waals surface area contributed by atoms with Crippen LogP contribution in [0, 0.1) is 5.41 Å². The van der Waals surface area contributed by atoms with Gasteiger partial charge < -0.3 is 10.5 Å². The summed E-state index contributed by atoms with van der Waals surface area (Å²) in [7, 11) is 0. The van der Waals surface area contributed by atoms with E-state index in [0.29, 0.717) is 6.61 Å². The Labute approximate surface area is 86.0 Å². The Kier molecular flexibility index (Phi) is 3.20. The van der Waals surface area contributed by atoms with Gasteiger partial charge >= 0.3 is 5.97 Å². The van der Waals surface area contributed by atoms with Gasteiger partial charge in [-0.2, -0.15) is 0 Å². The summed E-state index contributed by atoms with van der Waals surface area (Å²) in [5.74, 6) is -0.229. The zero-order valence-corrected chi connectivity index (χ0v) is 9.43. The van der Waals surface area contributed by atoms with Gasteiger partial charge in [0.15, 0.2) is 0 Å². The van der Waals surface area contributed by atoms with Gasteiger partial charge in [-0.25, -0.2) is 0 Å². The van der Waals surface area contributed by atoms with Crippen LogP contribution in [0.2, 0.25) is 0 Å². The number of hydrogen-bond donors (Lipinski definition) is 1. The monoisotopic (exact) mass is 199 g/mol. The number of ether oxygens (including phenoxy) is 1. The first-order chi connectivity index (χ1) is 6.40. The van der Waals surface area contributed by atoms with Crippen LogP contribution < -0.4 is 5.73 Å². The van der Waals surface area contributed by atoms with Crippen molar-refractivity contribution in [2.75, 3.05) is 6.61 Å². The van der Waals surface area contributed by atoms with Gasteiger partial charge in [0.2, 0.25) is 0 Å². The minimum absolute atomic E-state index is 0.166. The maximum atomic E-state index is 11.7. The number of rotatable bonds is 2. The highest BCUT2D eigenvalue weighted by atomic mass is 16.5. The predicted molar refractivity (Wildman–Crippen MR) is 55.8 cm³/mol. The molecule has 0 aromatic heterocycles. The lowest BCUT2D eigenvalue weighted by Gasteiger charge is -2.40. The van der Waals surface area contributed by atoms with E-state index >= 15 is 0 Å². The number of carbonyl (C=O) groups is 1. The Morgan fingerprint density at radius 3 is 2.57 bits per heavy atom. The molecule has 1 aliphatic rings. The van der Waals surface area contributed by atoms with Crippen LogP contribution in [0.25, 0.3) is 0 Å². The van der Waals surface area contributed by atoms with Crippen LogP contribution >= 0.6 is 0 Å². The van der Waals surface area contributed by atoms with Gasteiger partial charge in [0.1, 0.15) is 5.54 Å². The van der Waals surface area contributed by atoms with Crippen LogP contribution in [0.4, 0.5) is 0 Å². The van der Waals surface area contributed by atoms with E-state index in [1.807, 2.05) is 6.92 Å². The molecule has 0 aromatic rings. The van der Waals surface area contributed by atoms with Crippen molar-refractivity contribution in [2.45, 2.75) is 52.0 Å². The lowest BCUT2D eigenvalue weighted by Crippen LogP contribution is -2.53. The molecule has 1 saturated carbocycles. The fourth-order valence-electron chi connectivity index (χ4n) is 2.36. The summed E-state index contributed by atoms with van der Waals surface area (Å²) in [5.41, 5.74) is 5.52. The lowest BCUT2D eigenvalue weighted by atomic mass is 9.68. The van der Waals surface area contributed by atoms with E-state index in [-0.39, 0.29) is 11.4 Å². The minimum Gasteiger partial charge on any atom is -0.465 e. The van der Waals surface area contributed by atoms with Crippen molar-refractivity contribution in [1.82, 2.24) is 0 Å². The molecule has 82 valence electrons. The maximum Gasteiger partial charge on any atom is 0.326 e. The van der Waals surface area contributed by atoms with E-state index < -0.39 is 5.54 Å². The third-order valence-electron chi connectivity index (χ3n) is 2.95. The molecule has 0 aromatic carbocycles. The molecular weight excluding hydrogens is 178 g/mol. The normalized spacial score (nSPS) is 31.1. The van der Waals surface area contributed by atoms with Crippen LogP contribution in [0.1, 0.15) is 46.5 Å². The molecule has 0 aliphatic heterocycles. The molecule has 0 radical (unpaired) electrons. The Bertz CT molecular complexity index is 225. The summed E-state index contributed by atoms with van der Waals surface area (Å²) in [6.45, 7) is 6.55. The first-order valence-electron chi connectivity index (χ1n) is 5.36. The summed E-state index contributed by atoms with van der Waals surface area (Å²) in [6, 6.07) is 0. The third-order valence-corrected chi connectivity index (χ3v) is 2.95. The van der Waals surface area contributed by atoms with Gasteiger partial charge in [-0.15, -0.1) is 0 Å². The van der Waals surface area contributed by atoms with E-state index in [1.54, 1.807) is 0 Å². The van der Waals surface area contributed by atoms with Gasteiger partial charge in [-0.3, -0.25) is 4.79 Å². The van der Waals surface area contributed by atoms with Crippen molar-refractivity contribution in [1.29, 1.82) is 0 Å². The number of esters is 1. The molecule has 0 amide bonds. The van der Waals surface area contributed by atoms with Gasteiger partial charge in [-0.05, 0) is 31.6 Å². The Balaban J connectivity index is 2.68. The van der Waals surface area contributed by atoms with Crippen molar-refractivity contribution in [3.05, 3.63) is 0 Å². The van der Waals surface area contributed by atoms with E-state index in [1.165, 1.54) is 0 Å². The standard InChI is InChI=1S/C11H21NO2/c1-4-14-9(13)11(12)7-5-6-10(2,3)8-11/h4-8,12H2,1-3H3/t11-/m0/s1. The fourth-order valence-corrected chi connectivity index (χ4v) is 2.36. The predicted octanol–water partition coefficient (Wildman–Crippen LogP) is 1.85. The van der Waals surface area contributed by atoms with E-state index in [2.05, 4.69) is 13.8 Å². The second-order valence-corrected chi connectivity index (χ2v) is 5.07. The second-order valence-electron chi connectivity index (χ2n) is 5.07. The van der Waals surface area contributed by atoms with Gasteiger partial charge in [0.25, 0.3) is 0 Å². The first kappa shape index (κ1) is 11.5. The molecule has 0 unspecified atom stereocenters. The van der Waals surface area contributed by atoms with E-state index in [9.17, 15) is 4.79 Å². The molecule has 0 heterocycles. The van der Waals surface area contributed by atoms with Crippen molar-refractivity contribution in [2.24, 2.45) is 11.1 Å². The van der Waals surface area contributed by atoms with Gasteiger partial charge in [-0.1, -0.05) is 20.3 Å². The maximum absolute atomic E-state index is 11.7. The SMILES string of the molecule is CCOC(=O)[C@]1(N)CCCC(C)(C)C1. The molecule has 0 bridgehead atoms. The second kappa shape index (κ2) is 3.89. The minimum atomic E-state index is -0.738. The van der Waals surface area contributed by atoms with Crippen LogP contribution in [0.15, 0.2) is 0 Å². The van der Waals surface area contributed by atoms with Gasteiger partial charge in [0.05, 0.1) is 6.61 Å². The lowest BCUT2D eigenvalue weighted by molar-refractivity contribution is -0.152. The van der Waals surface area contributed by atoms with Crippen LogP contribution in [-0.4, -0.2) is 18.1 Å². The van der Waals surface area contributed by atoms with Crippen molar-refractivity contribution in [3.63, 3.8) is 0 Å². The Hall–Kier alpha value is -0.570. The molecule has 14 heavy (non-hydrogen) atoms. The summed E-state index contributed by atoms with van der Waals surface area (Å²) in [4.78, 5) is 11.7. The number of nitrogens with two attached hydrogens (primary N) is 1. The zero-order valence-electron chi connectivity index (χ0n) is 9.43. The van der Waals surface area contributed by atoms with Gasteiger partial charge in [0, 0.05) is 0 Å². The van der Waals surface area contributed by atoms with Crippen molar-refractivity contribution < 1.29 is 9.53 Å². The van der Waals surface area contributed by atoms with Crippen LogP contribution in [0.3, 0.4) is 0 Å². The fraction of sp³-hybridized carbons (Fsp3) is 0.909. The largest absolute Gasteiger partial charge is 0.465 e. The molecule has 2 N–H and O–H groups in total. The summed E-state index contributed by atoms with van der Waals surface area (Å²) in [6.07, 6.45) is 3.65. The Morgan fingerprint density at radius 2 is 2.07 bits per heavy atom.